The lowest BCUT2D eigenvalue weighted by Crippen LogP contribution is -2.14. The van der Waals surface area contributed by atoms with E-state index in [1.165, 1.54) is 22.3 Å². The first-order chi connectivity index (χ1) is 9.63. The maximum Gasteiger partial charge on any atom is 0.0614 e. The van der Waals surface area contributed by atoms with E-state index in [0.29, 0.717) is 11.8 Å². The zero-order chi connectivity index (χ0) is 14.1. The Hall–Kier alpha value is -1.60. The Morgan fingerprint density at radius 3 is 2.35 bits per heavy atom. The molecular formula is C19H22O. The Morgan fingerprint density at radius 1 is 1.05 bits per heavy atom. The largest absolute Gasteiger partial charge is 0.392 e. The number of aliphatic hydroxyl groups excluding tert-OH is 1. The summed E-state index contributed by atoms with van der Waals surface area (Å²) in [6, 6.07) is 17.1. The van der Waals surface area contributed by atoms with Crippen molar-refractivity contribution in [1.29, 1.82) is 0 Å². The molecule has 0 bridgehead atoms. The van der Waals surface area contributed by atoms with Gasteiger partial charge in [0.25, 0.3) is 0 Å². The highest BCUT2D eigenvalue weighted by Crippen LogP contribution is 2.50. The van der Waals surface area contributed by atoms with Crippen LogP contribution in [0.1, 0.15) is 34.6 Å². The second-order valence-corrected chi connectivity index (χ2v) is 6.18. The molecule has 0 saturated heterocycles. The van der Waals surface area contributed by atoms with Gasteiger partial charge in [0, 0.05) is 0 Å². The lowest BCUT2D eigenvalue weighted by molar-refractivity contribution is 0.149. The van der Waals surface area contributed by atoms with Gasteiger partial charge in [-0.15, -0.1) is 0 Å². The van der Waals surface area contributed by atoms with Gasteiger partial charge in [0.1, 0.15) is 0 Å². The first-order valence-electron chi connectivity index (χ1n) is 7.43. The Balaban J connectivity index is 1.65. The first kappa shape index (κ1) is 13.4. The number of aryl methyl sites for hydroxylation is 2. The van der Waals surface area contributed by atoms with Crippen molar-refractivity contribution >= 4 is 0 Å². The van der Waals surface area contributed by atoms with E-state index in [2.05, 4.69) is 56.3 Å². The number of benzene rings is 2. The second kappa shape index (κ2) is 5.41. The molecule has 0 amide bonds. The SMILES string of the molecule is Cc1cc(C)cc(CC(O)C2CC2c2ccccc2)c1. The fourth-order valence-electron chi connectivity index (χ4n) is 3.30. The number of hydrogen-bond donors (Lipinski definition) is 1. The fourth-order valence-corrected chi connectivity index (χ4v) is 3.30. The highest BCUT2D eigenvalue weighted by molar-refractivity contribution is 5.30. The molecule has 104 valence electrons. The van der Waals surface area contributed by atoms with Gasteiger partial charge in [0.15, 0.2) is 0 Å². The molecule has 1 aliphatic carbocycles. The molecule has 3 rings (SSSR count). The lowest BCUT2D eigenvalue weighted by Gasteiger charge is -2.12. The lowest BCUT2D eigenvalue weighted by atomic mass is 9.98. The molecule has 3 atom stereocenters. The van der Waals surface area contributed by atoms with Crippen LogP contribution in [0.3, 0.4) is 0 Å². The van der Waals surface area contributed by atoms with Gasteiger partial charge in [-0.25, -0.2) is 0 Å². The third-order valence-electron chi connectivity index (χ3n) is 4.29. The minimum absolute atomic E-state index is 0.221. The Kier molecular flexibility index (Phi) is 3.62. The van der Waals surface area contributed by atoms with Crippen LogP contribution < -0.4 is 0 Å². The van der Waals surface area contributed by atoms with Crippen LogP contribution in [0.25, 0.3) is 0 Å². The van der Waals surface area contributed by atoms with Crippen LogP contribution in [0.2, 0.25) is 0 Å². The van der Waals surface area contributed by atoms with Gasteiger partial charge in [-0.05, 0) is 49.7 Å². The third-order valence-corrected chi connectivity index (χ3v) is 4.29. The maximum atomic E-state index is 10.5. The van der Waals surface area contributed by atoms with Crippen molar-refractivity contribution < 1.29 is 5.11 Å². The fraction of sp³-hybridized carbons (Fsp3) is 0.368. The van der Waals surface area contributed by atoms with Crippen molar-refractivity contribution in [2.24, 2.45) is 5.92 Å². The van der Waals surface area contributed by atoms with E-state index < -0.39 is 0 Å². The van der Waals surface area contributed by atoms with Crippen LogP contribution in [0, 0.1) is 19.8 Å². The molecule has 1 N–H and O–H groups in total. The molecule has 0 aromatic heterocycles. The third kappa shape index (κ3) is 2.94. The summed E-state index contributed by atoms with van der Waals surface area (Å²) in [5.41, 5.74) is 5.19. The van der Waals surface area contributed by atoms with E-state index in [1.807, 2.05) is 6.07 Å². The molecule has 0 spiro atoms. The summed E-state index contributed by atoms with van der Waals surface area (Å²) in [6.07, 6.45) is 1.67. The van der Waals surface area contributed by atoms with Gasteiger partial charge in [0.2, 0.25) is 0 Å². The topological polar surface area (TPSA) is 20.2 Å². The van der Waals surface area contributed by atoms with Gasteiger partial charge >= 0.3 is 0 Å². The molecule has 0 aliphatic heterocycles. The van der Waals surface area contributed by atoms with E-state index in [0.717, 1.165) is 12.8 Å². The first-order valence-corrected chi connectivity index (χ1v) is 7.43. The van der Waals surface area contributed by atoms with Crippen molar-refractivity contribution in [3.63, 3.8) is 0 Å². The summed E-state index contributed by atoms with van der Waals surface area (Å²) in [5.74, 6) is 0.982. The Labute approximate surface area is 121 Å². The molecule has 1 nitrogen and oxygen atoms in total. The van der Waals surface area contributed by atoms with Crippen LogP contribution in [-0.2, 0) is 6.42 Å². The smallest absolute Gasteiger partial charge is 0.0614 e. The maximum absolute atomic E-state index is 10.5. The number of hydrogen-bond acceptors (Lipinski definition) is 1. The van der Waals surface area contributed by atoms with Crippen molar-refractivity contribution in [2.75, 3.05) is 0 Å². The average molecular weight is 266 g/mol. The minimum atomic E-state index is -0.221. The molecule has 0 heterocycles. The molecular weight excluding hydrogens is 244 g/mol. The highest BCUT2D eigenvalue weighted by atomic mass is 16.3. The van der Waals surface area contributed by atoms with E-state index in [9.17, 15) is 5.11 Å². The molecule has 0 radical (unpaired) electrons. The zero-order valence-corrected chi connectivity index (χ0v) is 12.2. The predicted octanol–water partition coefficient (Wildman–Crippen LogP) is 4.01. The summed E-state index contributed by atoms with van der Waals surface area (Å²) in [6.45, 7) is 4.24. The summed E-state index contributed by atoms with van der Waals surface area (Å²) in [7, 11) is 0. The van der Waals surface area contributed by atoms with Crippen molar-refractivity contribution in [3.05, 3.63) is 70.8 Å². The monoisotopic (exact) mass is 266 g/mol. The van der Waals surface area contributed by atoms with Crippen molar-refractivity contribution in [3.8, 4) is 0 Å². The van der Waals surface area contributed by atoms with Crippen molar-refractivity contribution in [2.45, 2.75) is 38.7 Å². The van der Waals surface area contributed by atoms with Gasteiger partial charge in [-0.2, -0.15) is 0 Å². The molecule has 1 saturated carbocycles. The summed E-state index contributed by atoms with van der Waals surface area (Å²) >= 11 is 0. The van der Waals surface area contributed by atoms with Crippen LogP contribution in [0.4, 0.5) is 0 Å². The van der Waals surface area contributed by atoms with Crippen LogP contribution in [-0.4, -0.2) is 11.2 Å². The van der Waals surface area contributed by atoms with E-state index in [4.69, 9.17) is 0 Å². The van der Waals surface area contributed by atoms with E-state index >= 15 is 0 Å². The number of aliphatic hydroxyl groups is 1. The average Bonchev–Trinajstić information content (AvgIpc) is 3.18. The molecule has 1 fully saturated rings. The molecule has 2 aromatic rings. The molecule has 20 heavy (non-hydrogen) atoms. The number of rotatable bonds is 4. The second-order valence-electron chi connectivity index (χ2n) is 6.18. The standard InChI is InChI=1S/C19H22O/c1-13-8-14(2)10-15(9-13)11-19(20)18-12-17(18)16-6-4-3-5-7-16/h3-10,17-20H,11-12H2,1-2H3. The van der Waals surface area contributed by atoms with Crippen molar-refractivity contribution in [1.82, 2.24) is 0 Å². The Bertz CT molecular complexity index is 568. The Morgan fingerprint density at radius 2 is 1.70 bits per heavy atom. The molecule has 2 aromatic carbocycles. The van der Waals surface area contributed by atoms with Crippen LogP contribution in [0.15, 0.2) is 48.5 Å². The highest BCUT2D eigenvalue weighted by Gasteiger charge is 2.42. The van der Waals surface area contributed by atoms with E-state index in [-0.39, 0.29) is 6.10 Å². The van der Waals surface area contributed by atoms with E-state index in [1.54, 1.807) is 0 Å². The van der Waals surface area contributed by atoms with Gasteiger partial charge in [-0.1, -0.05) is 59.7 Å². The summed E-state index contributed by atoms with van der Waals surface area (Å²) < 4.78 is 0. The molecule has 1 aliphatic rings. The predicted molar refractivity (Wildman–Crippen MR) is 82.9 cm³/mol. The summed E-state index contributed by atoms with van der Waals surface area (Å²) in [5, 5.41) is 10.5. The molecule has 3 unspecified atom stereocenters. The van der Waals surface area contributed by atoms with Gasteiger partial charge in [-0.3, -0.25) is 0 Å². The molecule has 1 heteroatoms. The van der Waals surface area contributed by atoms with Crippen LogP contribution in [0.5, 0.6) is 0 Å². The summed E-state index contributed by atoms with van der Waals surface area (Å²) in [4.78, 5) is 0. The van der Waals surface area contributed by atoms with Gasteiger partial charge in [0.05, 0.1) is 6.10 Å². The zero-order valence-electron chi connectivity index (χ0n) is 12.2. The minimum Gasteiger partial charge on any atom is -0.392 e. The quantitative estimate of drug-likeness (QED) is 0.886. The van der Waals surface area contributed by atoms with Crippen LogP contribution >= 0.6 is 0 Å². The normalized spacial score (nSPS) is 22.6. The van der Waals surface area contributed by atoms with Gasteiger partial charge < -0.3 is 5.11 Å².